The summed E-state index contributed by atoms with van der Waals surface area (Å²) in [6.07, 6.45) is 1.21. The van der Waals surface area contributed by atoms with Crippen LogP contribution < -0.4 is 21.3 Å². The number of aryl methyl sites for hydroxylation is 2. The number of halogens is 1. The Balaban J connectivity index is 2.01. The third-order valence-electron chi connectivity index (χ3n) is 4.35. The van der Waals surface area contributed by atoms with Gasteiger partial charge in [0.2, 0.25) is 0 Å². The van der Waals surface area contributed by atoms with Crippen molar-refractivity contribution in [3.8, 4) is 0 Å². The first kappa shape index (κ1) is 21.5. The Bertz CT molecular complexity index is 1190. The van der Waals surface area contributed by atoms with Gasteiger partial charge in [-0.25, -0.2) is 9.37 Å². The minimum Gasteiger partial charge on any atom is -0.407 e. The molecule has 30 heavy (non-hydrogen) atoms. The monoisotopic (exact) mass is 416 g/mol. The van der Waals surface area contributed by atoms with Crippen molar-refractivity contribution in [1.29, 1.82) is 0 Å². The molecule has 0 amide bonds. The Morgan fingerprint density at radius 1 is 1.13 bits per heavy atom. The lowest BCUT2D eigenvalue weighted by atomic mass is 10.2. The van der Waals surface area contributed by atoms with Crippen LogP contribution in [-0.2, 0) is 11.8 Å². The van der Waals surface area contributed by atoms with Gasteiger partial charge in [0.25, 0.3) is 11.1 Å². The third kappa shape index (κ3) is 4.68. The number of fused-ring (bicyclic) bond motifs is 1. The molecule has 8 nitrogen and oxygen atoms in total. The summed E-state index contributed by atoms with van der Waals surface area (Å²) in [5, 5.41) is 2.95. The van der Waals surface area contributed by atoms with Gasteiger partial charge in [-0.05, 0) is 45.4 Å². The van der Waals surface area contributed by atoms with E-state index < -0.39 is 11.4 Å². The summed E-state index contributed by atoms with van der Waals surface area (Å²) in [5.74, 6) is -0.497. The first-order chi connectivity index (χ1) is 14.1. The van der Waals surface area contributed by atoms with Gasteiger partial charge >= 0.3 is 0 Å². The van der Waals surface area contributed by atoms with E-state index in [9.17, 15) is 14.0 Å². The van der Waals surface area contributed by atoms with E-state index in [4.69, 9.17) is 9.57 Å². The van der Waals surface area contributed by atoms with Crippen LogP contribution in [0.15, 0.2) is 40.2 Å². The van der Waals surface area contributed by atoms with E-state index in [0.29, 0.717) is 0 Å². The zero-order valence-corrected chi connectivity index (χ0v) is 17.7. The van der Waals surface area contributed by atoms with Gasteiger partial charge in [-0.15, -0.1) is 4.73 Å². The zero-order valence-electron chi connectivity index (χ0n) is 17.7. The summed E-state index contributed by atoms with van der Waals surface area (Å²) in [7, 11) is 1.51. The Kier molecular flexibility index (Phi) is 5.93. The fraction of sp³-hybridized carbons (Fsp3) is 0.381. The van der Waals surface area contributed by atoms with Crippen molar-refractivity contribution in [1.82, 2.24) is 14.3 Å². The minimum absolute atomic E-state index is 0.108. The van der Waals surface area contributed by atoms with Crippen LogP contribution in [-0.4, -0.2) is 33.1 Å². The molecule has 3 aromatic rings. The molecule has 1 aromatic carbocycles. The highest BCUT2D eigenvalue weighted by Gasteiger charge is 2.16. The molecule has 160 valence electrons. The maximum absolute atomic E-state index is 14.3. The molecule has 0 atom stereocenters. The number of benzene rings is 1. The molecule has 0 saturated heterocycles. The molecule has 2 aromatic heterocycles. The van der Waals surface area contributed by atoms with Crippen LogP contribution in [0.3, 0.4) is 0 Å². The van der Waals surface area contributed by atoms with Gasteiger partial charge in [0.15, 0.2) is 5.65 Å². The highest BCUT2D eigenvalue weighted by atomic mass is 19.1. The predicted molar refractivity (Wildman–Crippen MR) is 113 cm³/mol. The zero-order chi connectivity index (χ0) is 22.1. The van der Waals surface area contributed by atoms with Crippen LogP contribution in [0, 0.1) is 12.7 Å². The number of hydrogen-bond donors (Lipinski definition) is 1. The molecular formula is C21H25FN4O4. The quantitative estimate of drug-likeness (QED) is 0.622. The van der Waals surface area contributed by atoms with E-state index in [0.717, 1.165) is 10.3 Å². The second kappa shape index (κ2) is 8.27. The highest BCUT2D eigenvalue weighted by Crippen LogP contribution is 2.23. The SMILES string of the molecule is Cc1ccc(Nc2cc(=O)n(C)c3ncn(OCCOC(C)(C)C)c(=O)c23)c(F)c1. The molecule has 0 unspecified atom stereocenters. The lowest BCUT2D eigenvalue weighted by molar-refractivity contribution is -0.0389. The fourth-order valence-electron chi connectivity index (χ4n) is 2.86. The molecular weight excluding hydrogens is 391 g/mol. The lowest BCUT2D eigenvalue weighted by Gasteiger charge is -2.19. The van der Waals surface area contributed by atoms with Crippen LogP contribution in [0.1, 0.15) is 26.3 Å². The Hall–Kier alpha value is -3.20. The molecule has 0 spiro atoms. The van der Waals surface area contributed by atoms with Crippen LogP contribution >= 0.6 is 0 Å². The van der Waals surface area contributed by atoms with Crippen LogP contribution in [0.5, 0.6) is 0 Å². The van der Waals surface area contributed by atoms with E-state index >= 15 is 0 Å². The molecule has 0 fully saturated rings. The van der Waals surface area contributed by atoms with Crippen LogP contribution in [0.2, 0.25) is 0 Å². The van der Waals surface area contributed by atoms with E-state index in [1.807, 2.05) is 20.8 Å². The number of anilines is 2. The predicted octanol–water partition coefficient (Wildman–Crippen LogP) is 2.53. The number of ether oxygens (including phenoxy) is 1. The van der Waals surface area contributed by atoms with E-state index in [-0.39, 0.29) is 46.8 Å². The van der Waals surface area contributed by atoms with Gasteiger partial charge in [0, 0.05) is 13.1 Å². The third-order valence-corrected chi connectivity index (χ3v) is 4.35. The molecule has 0 saturated carbocycles. The maximum Gasteiger partial charge on any atom is 0.297 e. The van der Waals surface area contributed by atoms with E-state index in [2.05, 4.69) is 10.3 Å². The smallest absolute Gasteiger partial charge is 0.297 e. The molecule has 3 rings (SSSR count). The Labute approximate surface area is 172 Å². The Morgan fingerprint density at radius 2 is 1.87 bits per heavy atom. The van der Waals surface area contributed by atoms with E-state index in [1.54, 1.807) is 19.1 Å². The van der Waals surface area contributed by atoms with Gasteiger partial charge in [-0.3, -0.25) is 14.2 Å². The van der Waals surface area contributed by atoms with Crippen molar-refractivity contribution in [2.75, 3.05) is 18.5 Å². The molecule has 0 radical (unpaired) electrons. The number of hydrogen-bond acceptors (Lipinski definition) is 6. The normalized spacial score (nSPS) is 11.7. The molecule has 0 aliphatic heterocycles. The van der Waals surface area contributed by atoms with Gasteiger partial charge in [0.1, 0.15) is 24.1 Å². The molecule has 0 bridgehead atoms. The number of nitrogens with one attached hydrogen (secondary N) is 1. The average Bonchev–Trinajstić information content (AvgIpc) is 2.65. The summed E-state index contributed by atoms with van der Waals surface area (Å²) < 4.78 is 22.1. The molecule has 1 N–H and O–H groups in total. The molecule has 0 aliphatic rings. The first-order valence-corrected chi connectivity index (χ1v) is 9.48. The second-order valence-corrected chi connectivity index (χ2v) is 7.93. The number of nitrogens with zero attached hydrogens (tertiary/aromatic N) is 3. The summed E-state index contributed by atoms with van der Waals surface area (Å²) in [6, 6.07) is 5.87. The van der Waals surface area contributed by atoms with Crippen molar-refractivity contribution in [2.45, 2.75) is 33.3 Å². The van der Waals surface area contributed by atoms with Crippen LogP contribution in [0.25, 0.3) is 11.0 Å². The summed E-state index contributed by atoms with van der Waals surface area (Å²) in [6.45, 7) is 7.93. The van der Waals surface area contributed by atoms with Crippen molar-refractivity contribution in [3.63, 3.8) is 0 Å². The average molecular weight is 416 g/mol. The van der Waals surface area contributed by atoms with Crippen LogP contribution in [0.4, 0.5) is 15.8 Å². The minimum atomic E-state index is -0.527. The van der Waals surface area contributed by atoms with Gasteiger partial charge < -0.3 is 14.9 Å². The molecule has 2 heterocycles. The topological polar surface area (TPSA) is 87.4 Å². The molecule has 9 heteroatoms. The summed E-state index contributed by atoms with van der Waals surface area (Å²) in [5.41, 5.74) is -0.0384. The maximum atomic E-state index is 14.3. The first-order valence-electron chi connectivity index (χ1n) is 9.48. The molecule has 0 aliphatic carbocycles. The van der Waals surface area contributed by atoms with Crippen molar-refractivity contribution < 1.29 is 14.0 Å². The summed E-state index contributed by atoms with van der Waals surface area (Å²) in [4.78, 5) is 35.0. The Morgan fingerprint density at radius 3 is 2.53 bits per heavy atom. The standard InChI is InChI=1S/C21H25FN4O4/c1-13-6-7-15(14(22)10-13)24-16-11-17(27)25(5)19-18(16)20(28)26(12-23-19)30-9-8-29-21(2,3)4/h6-7,10-12,24H,8-9H2,1-5H3. The second-order valence-electron chi connectivity index (χ2n) is 7.93. The largest absolute Gasteiger partial charge is 0.407 e. The highest BCUT2D eigenvalue weighted by molar-refractivity contribution is 5.90. The number of rotatable bonds is 6. The fourth-order valence-corrected chi connectivity index (χ4v) is 2.86. The van der Waals surface area contributed by atoms with E-state index in [1.165, 1.54) is 30.1 Å². The van der Waals surface area contributed by atoms with Gasteiger partial charge in [-0.1, -0.05) is 6.07 Å². The van der Waals surface area contributed by atoms with Crippen molar-refractivity contribution in [2.24, 2.45) is 7.05 Å². The number of pyridine rings is 1. The van der Waals surface area contributed by atoms with Crippen molar-refractivity contribution >= 4 is 22.4 Å². The lowest BCUT2D eigenvalue weighted by Crippen LogP contribution is -2.32. The number of aromatic nitrogens is 3. The van der Waals surface area contributed by atoms with Gasteiger partial charge in [0.05, 0.1) is 23.6 Å². The van der Waals surface area contributed by atoms with Crippen molar-refractivity contribution in [3.05, 3.63) is 62.7 Å². The van der Waals surface area contributed by atoms with Gasteiger partial charge in [-0.2, -0.15) is 0 Å². The summed E-state index contributed by atoms with van der Waals surface area (Å²) >= 11 is 0.